The number of aromatic nitrogens is 2. The molecule has 0 aliphatic rings. The number of hydrogen-bond donors (Lipinski definition) is 1. The average molecular weight is 312 g/mol. The molecule has 0 aromatic carbocycles. The van der Waals surface area contributed by atoms with E-state index in [2.05, 4.69) is 15.3 Å². The molecule has 8 heteroatoms. The van der Waals surface area contributed by atoms with E-state index in [1.807, 2.05) is 6.26 Å². The zero-order chi connectivity index (χ0) is 13.4. The lowest BCUT2D eigenvalue weighted by Gasteiger charge is -2.18. The fourth-order valence-corrected chi connectivity index (χ4v) is 1.85. The van der Waals surface area contributed by atoms with Gasteiger partial charge in [-0.3, -0.25) is 0 Å². The Labute approximate surface area is 121 Å². The summed E-state index contributed by atoms with van der Waals surface area (Å²) < 4.78 is 10.4. The molecular weight excluding hydrogens is 297 g/mol. The van der Waals surface area contributed by atoms with E-state index in [9.17, 15) is 0 Å². The van der Waals surface area contributed by atoms with Crippen molar-refractivity contribution in [1.82, 2.24) is 9.97 Å². The third-order valence-electron chi connectivity index (χ3n) is 2.09. The van der Waals surface area contributed by atoms with Crippen LogP contribution >= 0.6 is 35.2 Å². The Morgan fingerprint density at radius 3 is 2.94 bits per heavy atom. The first-order valence-electron chi connectivity index (χ1n) is 5.26. The fourth-order valence-electron chi connectivity index (χ4n) is 1.31. The first-order valence-corrected chi connectivity index (χ1v) is 7.17. The Bertz CT molecular complexity index is 371. The molecule has 0 saturated heterocycles. The lowest BCUT2D eigenvalue weighted by molar-refractivity contribution is 0.176. The number of ether oxygens (including phenoxy) is 1. The highest BCUT2D eigenvalue weighted by Crippen LogP contribution is 2.20. The molecule has 1 rings (SSSR count). The van der Waals surface area contributed by atoms with Crippen molar-refractivity contribution in [3.63, 3.8) is 0 Å². The van der Waals surface area contributed by atoms with Gasteiger partial charge in [0, 0.05) is 13.4 Å². The number of nitrogens with zero attached hydrogens (tertiary/aromatic N) is 2. The van der Waals surface area contributed by atoms with Crippen LogP contribution in [0.15, 0.2) is 6.20 Å². The number of hydrogen-bond acceptors (Lipinski definition) is 6. The van der Waals surface area contributed by atoms with Gasteiger partial charge in [0.2, 0.25) is 5.28 Å². The van der Waals surface area contributed by atoms with Crippen molar-refractivity contribution in [1.29, 1.82) is 0 Å². The van der Waals surface area contributed by atoms with Crippen LogP contribution in [0, 0.1) is 0 Å². The van der Waals surface area contributed by atoms with Gasteiger partial charge in [0.15, 0.2) is 0 Å². The van der Waals surface area contributed by atoms with Crippen LogP contribution < -0.4 is 5.32 Å². The molecule has 0 aliphatic carbocycles. The van der Waals surface area contributed by atoms with E-state index in [1.165, 1.54) is 18.2 Å². The summed E-state index contributed by atoms with van der Waals surface area (Å²) in [5, 5.41) is 3.74. The Morgan fingerprint density at radius 2 is 2.28 bits per heavy atom. The molecule has 0 bridgehead atoms. The third-order valence-corrected chi connectivity index (χ3v) is 2.95. The Hall–Kier alpha value is -0.270. The number of methoxy groups -OCH3 is 1. The molecule has 0 amide bonds. The van der Waals surface area contributed by atoms with Crippen LogP contribution in [0.1, 0.15) is 6.42 Å². The number of anilines is 1. The zero-order valence-corrected chi connectivity index (χ0v) is 12.5. The second kappa shape index (κ2) is 8.77. The Balaban J connectivity index is 2.60. The van der Waals surface area contributed by atoms with E-state index in [4.69, 9.17) is 32.1 Å². The minimum atomic E-state index is 0.0469. The normalized spacial score (nSPS) is 12.4. The van der Waals surface area contributed by atoms with Gasteiger partial charge in [-0.05, 0) is 30.1 Å². The maximum Gasteiger partial charge on any atom is 0.224 e. The molecule has 102 valence electrons. The molecule has 1 aromatic rings. The Morgan fingerprint density at radius 1 is 1.50 bits per heavy atom. The van der Waals surface area contributed by atoms with Gasteiger partial charge < -0.3 is 14.2 Å². The highest BCUT2D eigenvalue weighted by atomic mass is 35.5. The first kappa shape index (κ1) is 15.8. The average Bonchev–Trinajstić information content (AvgIpc) is 2.34. The van der Waals surface area contributed by atoms with Gasteiger partial charge in [0.05, 0.1) is 25.5 Å². The summed E-state index contributed by atoms with van der Waals surface area (Å²) in [4.78, 5) is 7.82. The van der Waals surface area contributed by atoms with E-state index in [0.29, 0.717) is 24.1 Å². The van der Waals surface area contributed by atoms with Crippen molar-refractivity contribution in [2.24, 2.45) is 0 Å². The van der Waals surface area contributed by atoms with Crippen LogP contribution in [-0.4, -0.2) is 42.6 Å². The molecule has 0 aliphatic heterocycles. The van der Waals surface area contributed by atoms with Gasteiger partial charge in [0.25, 0.3) is 0 Å². The van der Waals surface area contributed by atoms with Crippen LogP contribution in [0.2, 0.25) is 10.3 Å². The molecule has 0 fully saturated rings. The van der Waals surface area contributed by atoms with Crippen LogP contribution in [0.25, 0.3) is 0 Å². The van der Waals surface area contributed by atoms with Gasteiger partial charge in [-0.1, -0.05) is 11.6 Å². The van der Waals surface area contributed by atoms with Gasteiger partial charge >= 0.3 is 0 Å². The van der Waals surface area contributed by atoms with Crippen molar-refractivity contribution >= 4 is 41.1 Å². The van der Waals surface area contributed by atoms with E-state index in [0.717, 1.165) is 6.42 Å². The van der Waals surface area contributed by atoms with Crippen LogP contribution in [0.4, 0.5) is 5.82 Å². The van der Waals surface area contributed by atoms with E-state index in [-0.39, 0.29) is 11.3 Å². The fraction of sp³-hybridized carbons (Fsp3) is 0.600. The van der Waals surface area contributed by atoms with Crippen LogP contribution in [-0.2, 0) is 8.92 Å². The minimum Gasteiger partial charge on any atom is -0.383 e. The van der Waals surface area contributed by atoms with E-state index >= 15 is 0 Å². The summed E-state index contributed by atoms with van der Waals surface area (Å²) in [6.45, 7) is 1.13. The second-order valence-electron chi connectivity index (χ2n) is 3.41. The largest absolute Gasteiger partial charge is 0.383 e. The van der Waals surface area contributed by atoms with E-state index in [1.54, 1.807) is 7.11 Å². The summed E-state index contributed by atoms with van der Waals surface area (Å²) in [5.74, 6) is 0.503. The third kappa shape index (κ3) is 5.58. The second-order valence-corrected chi connectivity index (χ2v) is 4.72. The topological polar surface area (TPSA) is 56.3 Å². The summed E-state index contributed by atoms with van der Waals surface area (Å²) >= 11 is 13.0. The summed E-state index contributed by atoms with van der Waals surface area (Å²) in [6.07, 6.45) is 4.11. The van der Waals surface area contributed by atoms with Crippen LogP contribution in [0.3, 0.4) is 0 Å². The Kier molecular flexibility index (Phi) is 7.69. The molecule has 5 nitrogen and oxygen atoms in total. The number of halogens is 2. The molecule has 1 unspecified atom stereocenters. The molecule has 0 radical (unpaired) electrons. The maximum absolute atomic E-state index is 5.98. The van der Waals surface area contributed by atoms with Crippen molar-refractivity contribution in [3.05, 3.63) is 16.5 Å². The molecule has 1 atom stereocenters. The molecular formula is C10H15Cl2N3O2S. The first-order chi connectivity index (χ1) is 8.67. The summed E-state index contributed by atoms with van der Waals surface area (Å²) in [5.41, 5.74) is 0. The predicted octanol–water partition coefficient (Wildman–Crippen LogP) is 2.90. The zero-order valence-electron chi connectivity index (χ0n) is 10.2. The lowest BCUT2D eigenvalue weighted by Crippen LogP contribution is -2.27. The summed E-state index contributed by atoms with van der Waals surface area (Å²) in [7, 11) is 1.64. The van der Waals surface area contributed by atoms with Crippen molar-refractivity contribution in [3.8, 4) is 0 Å². The van der Waals surface area contributed by atoms with Crippen molar-refractivity contribution in [2.75, 3.05) is 31.9 Å². The van der Waals surface area contributed by atoms with Gasteiger partial charge in [-0.15, -0.1) is 0 Å². The highest BCUT2D eigenvalue weighted by Gasteiger charge is 2.12. The van der Waals surface area contributed by atoms with E-state index < -0.39 is 0 Å². The molecule has 0 spiro atoms. The monoisotopic (exact) mass is 311 g/mol. The molecule has 1 N–H and O–H groups in total. The summed E-state index contributed by atoms with van der Waals surface area (Å²) in [6, 6.07) is 0.0469. The molecule has 1 heterocycles. The quantitative estimate of drug-likeness (QED) is 0.452. The molecule has 1 aromatic heterocycles. The smallest absolute Gasteiger partial charge is 0.224 e. The van der Waals surface area contributed by atoms with Gasteiger partial charge in [-0.2, -0.15) is 4.98 Å². The lowest BCUT2D eigenvalue weighted by atomic mass is 10.2. The minimum absolute atomic E-state index is 0.0469. The molecule has 0 saturated carbocycles. The molecule has 18 heavy (non-hydrogen) atoms. The van der Waals surface area contributed by atoms with Crippen molar-refractivity contribution < 1.29 is 8.92 Å². The number of nitrogens with one attached hydrogen (secondary N) is 1. The maximum atomic E-state index is 5.98. The number of rotatable bonds is 8. The highest BCUT2D eigenvalue weighted by molar-refractivity contribution is 7.93. The van der Waals surface area contributed by atoms with Gasteiger partial charge in [0.1, 0.15) is 10.8 Å². The van der Waals surface area contributed by atoms with Crippen LogP contribution in [0.5, 0.6) is 0 Å². The predicted molar refractivity (Wildman–Crippen MR) is 75.4 cm³/mol. The van der Waals surface area contributed by atoms with Crippen molar-refractivity contribution in [2.45, 2.75) is 12.5 Å². The van der Waals surface area contributed by atoms with Gasteiger partial charge in [-0.25, -0.2) is 4.98 Å². The SMILES string of the molecule is COCC(CCOSC)Nc1nc(Cl)ncc1Cl. The standard InChI is InChI=1S/C10H15Cl2N3O2S/c1-16-6-7(3-4-17-18-2)14-9-8(11)5-13-10(12)15-9/h5,7H,3-4,6H2,1-2H3,(H,13,14,15).